The van der Waals surface area contributed by atoms with E-state index in [1.807, 2.05) is 67.3 Å². The van der Waals surface area contributed by atoms with E-state index in [0.29, 0.717) is 18.9 Å². The minimum absolute atomic E-state index is 0.147. The molecule has 0 spiro atoms. The molecule has 0 unspecified atom stereocenters. The molecule has 0 saturated carbocycles. The molecule has 3 aromatic rings. The van der Waals surface area contributed by atoms with Crippen molar-refractivity contribution in [2.45, 2.75) is 38.1 Å². The van der Waals surface area contributed by atoms with Crippen LogP contribution < -0.4 is 9.62 Å². The lowest BCUT2D eigenvalue weighted by atomic mass is 10.1. The SMILES string of the molecule is CC(C)CC(=O)N1CCc2cc(CNS(=O)(=O)c3ccc4ccccc4c3)ccc21. The first-order valence-corrected chi connectivity index (χ1v) is 11.7. The summed E-state index contributed by atoms with van der Waals surface area (Å²) in [6.45, 7) is 4.98. The maximum Gasteiger partial charge on any atom is 0.240 e. The van der Waals surface area contributed by atoms with E-state index in [4.69, 9.17) is 0 Å². The summed E-state index contributed by atoms with van der Waals surface area (Å²) >= 11 is 0. The predicted molar refractivity (Wildman–Crippen MR) is 120 cm³/mol. The molecule has 1 heterocycles. The molecule has 0 radical (unpaired) electrons. The Bertz CT molecular complexity index is 1200. The van der Waals surface area contributed by atoms with Crippen molar-refractivity contribution in [3.05, 3.63) is 71.8 Å². The van der Waals surface area contributed by atoms with E-state index in [1.165, 1.54) is 0 Å². The molecule has 0 saturated heterocycles. The van der Waals surface area contributed by atoms with Crippen LogP contribution in [-0.4, -0.2) is 20.9 Å². The van der Waals surface area contributed by atoms with E-state index in [-0.39, 0.29) is 17.3 Å². The van der Waals surface area contributed by atoms with E-state index in [2.05, 4.69) is 4.72 Å². The summed E-state index contributed by atoms with van der Waals surface area (Å²) in [7, 11) is -3.62. The number of hydrogen-bond donors (Lipinski definition) is 1. The molecule has 0 aliphatic carbocycles. The number of carbonyl (C=O) groups excluding carboxylic acids is 1. The second-order valence-electron chi connectivity index (χ2n) is 8.19. The molecule has 4 rings (SSSR count). The Labute approximate surface area is 177 Å². The maximum atomic E-state index is 12.8. The third-order valence-electron chi connectivity index (χ3n) is 5.42. The highest BCUT2D eigenvalue weighted by molar-refractivity contribution is 7.89. The van der Waals surface area contributed by atoms with Gasteiger partial charge in [-0.05, 0) is 52.4 Å². The van der Waals surface area contributed by atoms with Crippen LogP contribution in [0.3, 0.4) is 0 Å². The molecule has 0 fully saturated rings. The Morgan fingerprint density at radius 1 is 1.03 bits per heavy atom. The van der Waals surface area contributed by atoms with Gasteiger partial charge in [-0.15, -0.1) is 0 Å². The minimum Gasteiger partial charge on any atom is -0.312 e. The first-order chi connectivity index (χ1) is 14.3. The van der Waals surface area contributed by atoms with Gasteiger partial charge in [0.05, 0.1) is 4.90 Å². The summed E-state index contributed by atoms with van der Waals surface area (Å²) in [5.41, 5.74) is 2.92. The van der Waals surface area contributed by atoms with Gasteiger partial charge >= 0.3 is 0 Å². The second kappa shape index (κ2) is 8.20. The van der Waals surface area contributed by atoms with E-state index < -0.39 is 10.0 Å². The zero-order valence-electron chi connectivity index (χ0n) is 17.3. The lowest BCUT2D eigenvalue weighted by Gasteiger charge is -2.18. The third kappa shape index (κ3) is 4.25. The fourth-order valence-electron chi connectivity index (χ4n) is 3.88. The number of amides is 1. The lowest BCUT2D eigenvalue weighted by molar-refractivity contribution is -0.119. The zero-order valence-corrected chi connectivity index (χ0v) is 18.1. The van der Waals surface area contributed by atoms with Crippen molar-refractivity contribution >= 4 is 32.4 Å². The normalized spacial score (nSPS) is 13.8. The Balaban J connectivity index is 1.48. The molecule has 1 N–H and O–H groups in total. The smallest absolute Gasteiger partial charge is 0.240 e. The Kier molecular flexibility index (Phi) is 5.62. The summed E-state index contributed by atoms with van der Waals surface area (Å²) in [6, 6.07) is 18.7. The van der Waals surface area contributed by atoms with Crippen molar-refractivity contribution < 1.29 is 13.2 Å². The van der Waals surface area contributed by atoms with E-state index in [9.17, 15) is 13.2 Å². The van der Waals surface area contributed by atoms with Gasteiger partial charge in [0.15, 0.2) is 0 Å². The van der Waals surface area contributed by atoms with Gasteiger partial charge in [0.1, 0.15) is 0 Å². The highest BCUT2D eigenvalue weighted by Gasteiger charge is 2.25. The first-order valence-electron chi connectivity index (χ1n) is 10.2. The van der Waals surface area contributed by atoms with E-state index in [1.54, 1.807) is 12.1 Å². The highest BCUT2D eigenvalue weighted by Crippen LogP contribution is 2.30. The Morgan fingerprint density at radius 3 is 2.57 bits per heavy atom. The number of benzene rings is 3. The first kappa shape index (κ1) is 20.6. The minimum atomic E-state index is -3.62. The summed E-state index contributed by atoms with van der Waals surface area (Å²) in [5, 5.41) is 1.90. The maximum absolute atomic E-state index is 12.8. The summed E-state index contributed by atoms with van der Waals surface area (Å²) in [6.07, 6.45) is 1.33. The van der Waals surface area contributed by atoms with Crippen LogP contribution in [0.25, 0.3) is 10.8 Å². The highest BCUT2D eigenvalue weighted by atomic mass is 32.2. The van der Waals surface area contributed by atoms with Crippen LogP contribution in [0.1, 0.15) is 31.4 Å². The molecular formula is C24H26N2O3S. The third-order valence-corrected chi connectivity index (χ3v) is 6.82. The topological polar surface area (TPSA) is 66.5 Å². The van der Waals surface area contributed by atoms with Gasteiger partial charge < -0.3 is 4.90 Å². The van der Waals surface area contributed by atoms with E-state index in [0.717, 1.165) is 34.0 Å². The van der Waals surface area contributed by atoms with Crippen LogP contribution in [0.15, 0.2) is 65.6 Å². The number of nitrogens with one attached hydrogen (secondary N) is 1. The fourth-order valence-corrected chi connectivity index (χ4v) is 4.93. The molecule has 1 aliphatic rings. The van der Waals surface area contributed by atoms with Crippen LogP contribution >= 0.6 is 0 Å². The molecule has 1 aliphatic heterocycles. The number of fused-ring (bicyclic) bond motifs is 2. The Hall–Kier alpha value is -2.70. The van der Waals surface area contributed by atoms with Gasteiger partial charge in [-0.2, -0.15) is 0 Å². The summed E-state index contributed by atoms with van der Waals surface area (Å²) in [5.74, 6) is 0.471. The molecule has 1 amide bonds. The average Bonchev–Trinajstić information content (AvgIpc) is 3.15. The van der Waals surface area contributed by atoms with Crippen molar-refractivity contribution in [3.63, 3.8) is 0 Å². The van der Waals surface area contributed by atoms with E-state index >= 15 is 0 Å². The van der Waals surface area contributed by atoms with Crippen molar-refractivity contribution in [2.75, 3.05) is 11.4 Å². The number of nitrogens with zero attached hydrogens (tertiary/aromatic N) is 1. The summed E-state index contributed by atoms with van der Waals surface area (Å²) in [4.78, 5) is 14.5. The van der Waals surface area contributed by atoms with Crippen molar-refractivity contribution in [1.82, 2.24) is 4.72 Å². The summed E-state index contributed by atoms with van der Waals surface area (Å²) < 4.78 is 28.2. The quantitative estimate of drug-likeness (QED) is 0.646. The average molecular weight is 423 g/mol. The number of rotatable bonds is 6. The number of carbonyl (C=O) groups is 1. The number of sulfonamides is 1. The molecule has 30 heavy (non-hydrogen) atoms. The van der Waals surface area contributed by atoms with Crippen LogP contribution in [0.5, 0.6) is 0 Å². The van der Waals surface area contributed by atoms with Crippen molar-refractivity contribution in [3.8, 4) is 0 Å². The van der Waals surface area contributed by atoms with Crippen LogP contribution in [0.2, 0.25) is 0 Å². The van der Waals surface area contributed by atoms with Gasteiger partial charge in [0, 0.05) is 25.2 Å². The molecule has 5 nitrogen and oxygen atoms in total. The number of anilines is 1. The molecular weight excluding hydrogens is 396 g/mol. The van der Waals surface area contributed by atoms with Gasteiger partial charge in [0.2, 0.25) is 15.9 Å². The largest absolute Gasteiger partial charge is 0.312 e. The van der Waals surface area contributed by atoms with Gasteiger partial charge in [-0.1, -0.05) is 56.3 Å². The molecule has 0 bridgehead atoms. The van der Waals surface area contributed by atoms with Gasteiger partial charge in [0.25, 0.3) is 0 Å². The molecule has 0 atom stereocenters. The van der Waals surface area contributed by atoms with Gasteiger partial charge in [-0.3, -0.25) is 4.79 Å². The van der Waals surface area contributed by atoms with Crippen molar-refractivity contribution in [2.24, 2.45) is 5.92 Å². The number of hydrogen-bond acceptors (Lipinski definition) is 3. The van der Waals surface area contributed by atoms with Crippen LogP contribution in [-0.2, 0) is 27.8 Å². The van der Waals surface area contributed by atoms with Crippen LogP contribution in [0.4, 0.5) is 5.69 Å². The van der Waals surface area contributed by atoms with Gasteiger partial charge in [-0.25, -0.2) is 13.1 Å². The van der Waals surface area contributed by atoms with Crippen molar-refractivity contribution in [1.29, 1.82) is 0 Å². The zero-order chi connectivity index (χ0) is 21.3. The van der Waals surface area contributed by atoms with Crippen LogP contribution in [0, 0.1) is 5.92 Å². The molecule has 156 valence electrons. The lowest BCUT2D eigenvalue weighted by Crippen LogP contribution is -2.29. The monoisotopic (exact) mass is 422 g/mol. The molecule has 0 aromatic heterocycles. The molecule has 3 aromatic carbocycles. The Morgan fingerprint density at radius 2 is 1.80 bits per heavy atom. The predicted octanol–water partition coefficient (Wildman–Crippen LogP) is 4.25. The molecule has 6 heteroatoms. The second-order valence-corrected chi connectivity index (χ2v) is 9.96. The standard InChI is InChI=1S/C24H26N2O3S/c1-17(2)13-24(27)26-12-11-21-14-18(7-10-23(21)26)16-25-30(28,29)22-9-8-19-5-3-4-6-20(19)15-22/h3-10,14-15,17,25H,11-13,16H2,1-2H3. The fraction of sp³-hybridized carbons (Fsp3) is 0.292.